The van der Waals surface area contributed by atoms with Gasteiger partial charge in [0.1, 0.15) is 0 Å². The van der Waals surface area contributed by atoms with Crippen LogP contribution in [0.3, 0.4) is 0 Å². The van der Waals surface area contributed by atoms with Gasteiger partial charge in [-0.05, 0) is 23.5 Å². The van der Waals surface area contributed by atoms with Gasteiger partial charge in [-0.25, -0.2) is 8.78 Å². The van der Waals surface area contributed by atoms with E-state index >= 15 is 0 Å². The lowest BCUT2D eigenvalue weighted by Gasteiger charge is -2.15. The fourth-order valence-corrected chi connectivity index (χ4v) is 1.51. The Morgan fingerprint density at radius 2 is 1.75 bits per heavy atom. The van der Waals surface area contributed by atoms with Crippen LogP contribution in [0.15, 0.2) is 24.3 Å². The molecule has 2 nitrogen and oxygen atoms in total. The highest BCUT2D eigenvalue weighted by Crippen LogP contribution is 2.16. The van der Waals surface area contributed by atoms with Gasteiger partial charge in [0.15, 0.2) is 0 Å². The first-order chi connectivity index (χ1) is 7.54. The molecule has 0 aliphatic heterocycles. The van der Waals surface area contributed by atoms with Crippen molar-refractivity contribution in [2.75, 3.05) is 0 Å². The average Bonchev–Trinajstić information content (AvgIpc) is 2.26. The monoisotopic (exact) mass is 228 g/mol. The number of rotatable bonds is 5. The number of benzene rings is 1. The highest BCUT2D eigenvalue weighted by Gasteiger charge is 2.18. The summed E-state index contributed by atoms with van der Waals surface area (Å²) in [6.07, 6.45) is -2.21. The van der Waals surface area contributed by atoms with Gasteiger partial charge in [-0.1, -0.05) is 38.1 Å². The summed E-state index contributed by atoms with van der Waals surface area (Å²) in [6, 6.07) is 6.72. The first kappa shape index (κ1) is 13.1. The minimum Gasteiger partial charge on any atom is -0.271 e. The molecule has 0 radical (unpaired) electrons. The molecule has 0 saturated heterocycles. The highest BCUT2D eigenvalue weighted by molar-refractivity contribution is 5.25. The molecule has 16 heavy (non-hydrogen) atoms. The van der Waals surface area contributed by atoms with Crippen molar-refractivity contribution in [2.24, 2.45) is 5.84 Å². The third-order valence-corrected chi connectivity index (χ3v) is 2.62. The standard InChI is InChI=1S/C12H18F2N2/c1-8(2)10-5-3-9(4-6-10)7-11(16-15)12(13)14/h3-6,8,11-12,16H,7,15H2,1-2H3. The van der Waals surface area contributed by atoms with Crippen molar-refractivity contribution < 1.29 is 8.78 Å². The van der Waals surface area contributed by atoms with Gasteiger partial charge in [0.25, 0.3) is 6.43 Å². The molecular formula is C12H18F2N2. The predicted octanol–water partition coefficient (Wildman–Crippen LogP) is 2.45. The van der Waals surface area contributed by atoms with Gasteiger partial charge in [0, 0.05) is 0 Å². The molecule has 0 saturated carbocycles. The van der Waals surface area contributed by atoms with Crippen LogP contribution in [-0.2, 0) is 6.42 Å². The minimum absolute atomic E-state index is 0.243. The molecule has 1 atom stereocenters. The zero-order valence-corrected chi connectivity index (χ0v) is 9.58. The van der Waals surface area contributed by atoms with Crippen molar-refractivity contribution in [3.63, 3.8) is 0 Å². The predicted molar refractivity (Wildman–Crippen MR) is 61.4 cm³/mol. The Hall–Kier alpha value is -1.00. The van der Waals surface area contributed by atoms with Crippen LogP contribution in [0.5, 0.6) is 0 Å². The van der Waals surface area contributed by atoms with Crippen molar-refractivity contribution in [3.8, 4) is 0 Å². The van der Waals surface area contributed by atoms with Crippen LogP contribution in [0.1, 0.15) is 30.9 Å². The largest absolute Gasteiger partial charge is 0.271 e. The Kier molecular flexibility index (Phi) is 4.83. The van der Waals surface area contributed by atoms with E-state index in [-0.39, 0.29) is 6.42 Å². The summed E-state index contributed by atoms with van der Waals surface area (Å²) in [7, 11) is 0. The third-order valence-electron chi connectivity index (χ3n) is 2.62. The fraction of sp³-hybridized carbons (Fsp3) is 0.500. The SMILES string of the molecule is CC(C)c1ccc(CC(NN)C(F)F)cc1. The summed E-state index contributed by atoms with van der Waals surface area (Å²) in [6.45, 7) is 4.19. The topological polar surface area (TPSA) is 38.0 Å². The summed E-state index contributed by atoms with van der Waals surface area (Å²) in [5, 5.41) is 0. The van der Waals surface area contributed by atoms with Crippen LogP contribution < -0.4 is 11.3 Å². The zero-order valence-electron chi connectivity index (χ0n) is 9.58. The number of nitrogens with two attached hydrogens (primary N) is 1. The highest BCUT2D eigenvalue weighted by atomic mass is 19.3. The van der Waals surface area contributed by atoms with Crippen molar-refractivity contribution in [3.05, 3.63) is 35.4 Å². The van der Waals surface area contributed by atoms with Gasteiger partial charge in [-0.15, -0.1) is 0 Å². The molecule has 0 amide bonds. The molecule has 1 unspecified atom stereocenters. The van der Waals surface area contributed by atoms with E-state index in [2.05, 4.69) is 19.3 Å². The van der Waals surface area contributed by atoms with Crippen molar-refractivity contribution in [2.45, 2.75) is 38.7 Å². The van der Waals surface area contributed by atoms with Crippen molar-refractivity contribution in [1.29, 1.82) is 0 Å². The van der Waals surface area contributed by atoms with Crippen molar-refractivity contribution >= 4 is 0 Å². The Morgan fingerprint density at radius 1 is 1.19 bits per heavy atom. The molecule has 0 spiro atoms. The number of hydrogen-bond acceptors (Lipinski definition) is 2. The van der Waals surface area contributed by atoms with E-state index in [0.29, 0.717) is 5.92 Å². The molecule has 1 rings (SSSR count). The summed E-state index contributed by atoms with van der Waals surface area (Å²) >= 11 is 0. The number of nitrogens with one attached hydrogen (secondary N) is 1. The lowest BCUT2D eigenvalue weighted by atomic mass is 9.99. The summed E-state index contributed by atoms with van der Waals surface area (Å²) in [4.78, 5) is 0. The minimum atomic E-state index is -2.45. The molecule has 0 fully saturated rings. The normalized spacial score (nSPS) is 13.4. The quantitative estimate of drug-likeness (QED) is 0.600. The van der Waals surface area contributed by atoms with Crippen LogP contribution in [0.25, 0.3) is 0 Å². The van der Waals surface area contributed by atoms with Crippen LogP contribution in [0.4, 0.5) is 8.78 Å². The first-order valence-corrected chi connectivity index (χ1v) is 5.37. The van der Waals surface area contributed by atoms with Gasteiger partial charge in [-0.2, -0.15) is 0 Å². The van der Waals surface area contributed by atoms with E-state index in [1.807, 2.05) is 24.3 Å². The Bertz CT molecular complexity index is 309. The van der Waals surface area contributed by atoms with E-state index in [4.69, 9.17) is 5.84 Å². The summed E-state index contributed by atoms with van der Waals surface area (Å²) in [5.74, 6) is 5.52. The molecule has 90 valence electrons. The van der Waals surface area contributed by atoms with Gasteiger partial charge in [0.05, 0.1) is 6.04 Å². The molecule has 0 aliphatic carbocycles. The maximum Gasteiger partial charge on any atom is 0.255 e. The van der Waals surface area contributed by atoms with E-state index in [9.17, 15) is 8.78 Å². The first-order valence-electron chi connectivity index (χ1n) is 5.37. The van der Waals surface area contributed by atoms with E-state index < -0.39 is 12.5 Å². The molecular weight excluding hydrogens is 210 g/mol. The van der Waals surface area contributed by atoms with Gasteiger partial charge in [0.2, 0.25) is 0 Å². The van der Waals surface area contributed by atoms with Crippen LogP contribution in [0.2, 0.25) is 0 Å². The number of hydrogen-bond donors (Lipinski definition) is 2. The number of alkyl halides is 2. The van der Waals surface area contributed by atoms with Crippen LogP contribution >= 0.6 is 0 Å². The molecule has 1 aromatic carbocycles. The molecule has 0 bridgehead atoms. The Labute approximate surface area is 94.8 Å². The third kappa shape index (κ3) is 3.54. The second kappa shape index (κ2) is 5.92. The summed E-state index contributed by atoms with van der Waals surface area (Å²) < 4.78 is 24.9. The Morgan fingerprint density at radius 3 is 2.12 bits per heavy atom. The van der Waals surface area contributed by atoms with Crippen LogP contribution in [-0.4, -0.2) is 12.5 Å². The molecule has 0 heterocycles. The lowest BCUT2D eigenvalue weighted by Crippen LogP contribution is -2.42. The second-order valence-electron chi connectivity index (χ2n) is 4.21. The van der Waals surface area contributed by atoms with Gasteiger partial charge >= 0.3 is 0 Å². The van der Waals surface area contributed by atoms with Crippen LogP contribution in [0, 0.1) is 0 Å². The molecule has 0 aromatic heterocycles. The molecule has 1 aromatic rings. The zero-order chi connectivity index (χ0) is 12.1. The van der Waals surface area contributed by atoms with E-state index in [0.717, 1.165) is 5.56 Å². The Balaban J connectivity index is 2.67. The fourth-order valence-electron chi connectivity index (χ4n) is 1.51. The maximum atomic E-state index is 12.5. The molecule has 0 aliphatic rings. The maximum absolute atomic E-state index is 12.5. The smallest absolute Gasteiger partial charge is 0.255 e. The molecule has 4 heteroatoms. The molecule has 3 N–H and O–H groups in total. The number of hydrazine groups is 1. The van der Waals surface area contributed by atoms with E-state index in [1.54, 1.807) is 0 Å². The lowest BCUT2D eigenvalue weighted by molar-refractivity contribution is 0.0984. The summed E-state index contributed by atoms with van der Waals surface area (Å²) in [5.41, 5.74) is 4.21. The number of halogens is 2. The van der Waals surface area contributed by atoms with Gasteiger partial charge in [-0.3, -0.25) is 11.3 Å². The van der Waals surface area contributed by atoms with E-state index in [1.165, 1.54) is 5.56 Å². The average molecular weight is 228 g/mol. The van der Waals surface area contributed by atoms with Crippen molar-refractivity contribution in [1.82, 2.24) is 5.43 Å². The second-order valence-corrected chi connectivity index (χ2v) is 4.21. The van der Waals surface area contributed by atoms with Gasteiger partial charge < -0.3 is 0 Å².